The highest BCUT2D eigenvalue weighted by atomic mass is 127. The van der Waals surface area contributed by atoms with Crippen molar-refractivity contribution in [2.24, 2.45) is 5.73 Å². The molecule has 70 heavy (non-hydrogen) atoms. The number of benzene rings is 6. The number of nitrogens with two attached hydrogens (primary N) is 1. The lowest BCUT2D eigenvalue weighted by atomic mass is 10.0. The normalized spacial score (nSPS) is 11.2. The number of primary amides is 1. The number of Topliss-reactive ketones (excluding diaryl/α,β-unsaturated/α-hetero) is 1. The Kier molecular flexibility index (Phi) is 13.6. The van der Waals surface area contributed by atoms with Crippen LogP contribution in [0.25, 0.3) is 44.0 Å². The van der Waals surface area contributed by atoms with Crippen molar-refractivity contribution in [1.82, 2.24) is 19.1 Å². The molecule has 352 valence electrons. The van der Waals surface area contributed by atoms with Gasteiger partial charge < -0.3 is 43.8 Å². The molecule has 0 saturated carbocycles. The number of anilines is 4. The van der Waals surface area contributed by atoms with E-state index in [1.54, 1.807) is 33.1 Å². The highest BCUT2D eigenvalue weighted by Crippen LogP contribution is 2.32. The molecule has 0 spiro atoms. The number of hydrogen-bond donors (Lipinski definition) is 3. The van der Waals surface area contributed by atoms with E-state index in [9.17, 15) is 19.2 Å². The number of fused-ring (bicyclic) bond motifs is 4. The van der Waals surface area contributed by atoms with Gasteiger partial charge in [0.1, 0.15) is 40.4 Å². The molecule has 0 saturated heterocycles. The van der Waals surface area contributed by atoms with Crippen LogP contribution in [0.15, 0.2) is 150 Å². The van der Waals surface area contributed by atoms with E-state index in [1.165, 1.54) is 6.92 Å². The zero-order valence-corrected chi connectivity index (χ0v) is 41.9. The number of imidazole rings is 2. The summed E-state index contributed by atoms with van der Waals surface area (Å²) in [6, 6.07) is 40.4. The van der Waals surface area contributed by atoms with E-state index in [0.717, 1.165) is 53.0 Å². The monoisotopic (exact) mass is 1110 g/mol. The third-order valence-corrected chi connectivity index (χ3v) is 12.8. The molecule has 4 aromatic heterocycles. The lowest BCUT2D eigenvalue weighted by molar-refractivity contribution is 0.0992. The molecule has 17 heteroatoms. The number of ketones is 1. The van der Waals surface area contributed by atoms with E-state index >= 15 is 0 Å². The molecule has 10 rings (SSSR count). The first-order valence-electron chi connectivity index (χ1n) is 21.9. The molecule has 1 amide bonds. The van der Waals surface area contributed by atoms with Gasteiger partial charge in [-0.15, -0.1) is 0 Å². The average Bonchev–Trinajstić information content (AvgIpc) is 3.83. The Hall–Kier alpha value is -7.77. The van der Waals surface area contributed by atoms with Gasteiger partial charge in [-0.3, -0.25) is 9.59 Å². The van der Waals surface area contributed by atoms with Crippen molar-refractivity contribution in [2.75, 3.05) is 24.4 Å². The summed E-state index contributed by atoms with van der Waals surface area (Å²) in [5, 5.41) is 8.06. The van der Waals surface area contributed by atoms with Gasteiger partial charge in [0.05, 0.1) is 42.3 Å². The Morgan fingerprint density at radius 3 is 1.91 bits per heavy atom. The second kappa shape index (κ2) is 20.1. The predicted octanol–water partition coefficient (Wildman–Crippen LogP) is 11.2. The number of aromatic nitrogens is 4. The van der Waals surface area contributed by atoms with Gasteiger partial charge in [0.15, 0.2) is 5.78 Å². The number of hydrogen-bond acceptors (Lipinski definition) is 12. The van der Waals surface area contributed by atoms with Crippen molar-refractivity contribution in [3.63, 3.8) is 0 Å². The Morgan fingerprint density at radius 1 is 0.700 bits per heavy atom. The molecular formula is C53H43BrIN7O8. The van der Waals surface area contributed by atoms with Gasteiger partial charge in [0, 0.05) is 42.3 Å². The summed E-state index contributed by atoms with van der Waals surface area (Å²) in [7, 11) is 1.63. The maximum atomic E-state index is 12.5. The number of methoxy groups -OCH3 is 1. The van der Waals surface area contributed by atoms with E-state index < -0.39 is 17.2 Å². The molecule has 0 aliphatic rings. The maximum Gasteiger partial charge on any atom is 0.349 e. The van der Waals surface area contributed by atoms with Gasteiger partial charge in [0.2, 0.25) is 11.9 Å². The van der Waals surface area contributed by atoms with E-state index in [2.05, 4.69) is 65.9 Å². The lowest BCUT2D eigenvalue weighted by Gasteiger charge is -2.12. The van der Waals surface area contributed by atoms with Crippen LogP contribution in [0.5, 0.6) is 11.5 Å². The topological polar surface area (TPSA) is 199 Å². The van der Waals surface area contributed by atoms with Gasteiger partial charge in [-0.2, -0.15) is 0 Å². The molecule has 0 bridgehead atoms. The number of carbonyl (C=O) groups excluding carboxylic acids is 2. The molecule has 0 fully saturated rings. The van der Waals surface area contributed by atoms with Gasteiger partial charge in [-0.25, -0.2) is 19.6 Å². The maximum absolute atomic E-state index is 12.5. The van der Waals surface area contributed by atoms with Crippen LogP contribution in [0.1, 0.15) is 44.3 Å². The summed E-state index contributed by atoms with van der Waals surface area (Å²) in [6.45, 7) is 6.25. The summed E-state index contributed by atoms with van der Waals surface area (Å²) < 4.78 is 28.3. The summed E-state index contributed by atoms with van der Waals surface area (Å²) in [5.74, 6) is 1.64. The molecule has 0 aliphatic carbocycles. The molecule has 6 aromatic carbocycles. The number of aryl methyl sites for hydroxylation is 2. The molecular weight excluding hydrogens is 1070 g/mol. The van der Waals surface area contributed by atoms with Crippen LogP contribution in [0.4, 0.5) is 23.3 Å². The quantitative estimate of drug-likeness (QED) is 0.0562. The highest BCUT2D eigenvalue weighted by molar-refractivity contribution is 14.1. The first kappa shape index (κ1) is 47.3. The largest absolute Gasteiger partial charge is 0.497 e. The smallest absolute Gasteiger partial charge is 0.349 e. The van der Waals surface area contributed by atoms with Crippen molar-refractivity contribution in [1.29, 1.82) is 0 Å². The molecule has 4 heterocycles. The minimum absolute atomic E-state index is 0.0757. The van der Waals surface area contributed by atoms with Crippen LogP contribution in [0.3, 0.4) is 0 Å². The summed E-state index contributed by atoms with van der Waals surface area (Å²) in [4.78, 5) is 58.4. The molecule has 15 nitrogen and oxygen atoms in total. The van der Waals surface area contributed by atoms with Crippen molar-refractivity contribution < 1.29 is 27.9 Å². The summed E-state index contributed by atoms with van der Waals surface area (Å²) in [5.41, 5.74) is 11.6. The van der Waals surface area contributed by atoms with Crippen molar-refractivity contribution in [2.45, 2.75) is 33.9 Å². The average molecular weight is 1110 g/mol. The fourth-order valence-electron chi connectivity index (χ4n) is 8.29. The second-order valence-corrected chi connectivity index (χ2v) is 18.4. The molecule has 0 aliphatic heterocycles. The first-order chi connectivity index (χ1) is 33.7. The molecule has 10 aromatic rings. The lowest BCUT2D eigenvalue weighted by Crippen LogP contribution is -2.22. The Labute approximate surface area is 421 Å². The zero-order chi connectivity index (χ0) is 49.2. The third-order valence-electron chi connectivity index (χ3n) is 11.7. The van der Waals surface area contributed by atoms with Crippen molar-refractivity contribution >= 4 is 117 Å². The second-order valence-electron chi connectivity index (χ2n) is 16.3. The minimum atomic E-state index is -0.821. The van der Waals surface area contributed by atoms with Gasteiger partial charge in [-0.05, 0) is 139 Å². The van der Waals surface area contributed by atoms with Crippen LogP contribution < -0.4 is 37.1 Å². The van der Waals surface area contributed by atoms with E-state index in [-0.39, 0.29) is 16.9 Å². The Bertz CT molecular complexity index is 3770. The van der Waals surface area contributed by atoms with Crippen LogP contribution in [-0.2, 0) is 13.1 Å². The SMILES string of the molecule is COc1ccc(Nc2nc3cc4c(C)c(C(C)=O)c(=O)oc4cc3n2Cc2cccc(I)c2)cc1.Cc1c(C(N)=O)c(=O)oc2cc3c(cc12)nc(Nc1cccc(Br)c1)n3CCOc1ccccc1. The number of amides is 1. The number of para-hydroxylation sites is 1. The predicted molar refractivity (Wildman–Crippen MR) is 283 cm³/mol. The number of nitrogens with zero attached hydrogens (tertiary/aromatic N) is 4. The number of rotatable bonds is 13. The van der Waals surface area contributed by atoms with Crippen LogP contribution in [0.2, 0.25) is 0 Å². The molecule has 0 atom stereocenters. The van der Waals surface area contributed by atoms with Crippen LogP contribution in [0, 0.1) is 17.4 Å². The highest BCUT2D eigenvalue weighted by Gasteiger charge is 2.21. The fourth-order valence-corrected chi connectivity index (χ4v) is 9.30. The summed E-state index contributed by atoms with van der Waals surface area (Å²) >= 11 is 5.79. The van der Waals surface area contributed by atoms with Crippen molar-refractivity contribution in [3.8, 4) is 11.5 Å². The van der Waals surface area contributed by atoms with E-state index in [4.69, 9.17) is 34.0 Å². The van der Waals surface area contributed by atoms with Gasteiger partial charge in [0.25, 0.3) is 5.91 Å². The Morgan fingerprint density at radius 2 is 1.30 bits per heavy atom. The Balaban J connectivity index is 0.000000174. The first-order valence-corrected chi connectivity index (χ1v) is 23.7. The van der Waals surface area contributed by atoms with E-state index in [1.807, 2.05) is 108 Å². The minimum Gasteiger partial charge on any atom is -0.497 e. The van der Waals surface area contributed by atoms with Crippen LogP contribution >= 0.6 is 38.5 Å². The van der Waals surface area contributed by atoms with Gasteiger partial charge in [-0.1, -0.05) is 52.3 Å². The standard InChI is InChI=1S/C27H22IN3O4.C26H21BrN4O4/c1-15-21-12-22-23(13-24(21)35-26(33)25(15)16(2)32)31(14-17-5-4-6-18(28)11-17)27(30-22)29-19-7-9-20(34-3)10-8-19;1-15-19-13-20-21(14-22(19)35-25(33)23(15)24(28)32)31(10-11-34-18-8-3-2-4-9-18)26(30-20)29-17-7-5-6-16(27)12-17/h4-13H,14H2,1-3H3,(H,29,30);2-9,12-14H,10-11H2,1H3,(H2,28,32)(H,29,30). The van der Waals surface area contributed by atoms with Crippen LogP contribution in [-0.4, -0.2) is 44.5 Å². The number of nitrogens with one attached hydrogen (secondary N) is 2. The number of ether oxygens (including phenoxy) is 2. The zero-order valence-electron chi connectivity index (χ0n) is 38.1. The number of halogens is 2. The molecule has 4 N–H and O–H groups in total. The van der Waals surface area contributed by atoms with Crippen molar-refractivity contribution in [3.05, 3.63) is 184 Å². The molecule has 0 unspecified atom stereocenters. The molecule has 0 radical (unpaired) electrons. The number of carbonyl (C=O) groups is 2. The fraction of sp³-hybridized carbons (Fsp3) is 0.132. The summed E-state index contributed by atoms with van der Waals surface area (Å²) in [6.07, 6.45) is 0. The third kappa shape index (κ3) is 9.88. The van der Waals surface area contributed by atoms with Gasteiger partial charge >= 0.3 is 11.3 Å². The van der Waals surface area contributed by atoms with E-state index in [0.29, 0.717) is 70.2 Å².